The summed E-state index contributed by atoms with van der Waals surface area (Å²) in [5, 5.41) is 3.32. The van der Waals surface area contributed by atoms with Gasteiger partial charge in [-0.2, -0.15) is 0 Å². The Morgan fingerprint density at radius 2 is 2.39 bits per heavy atom. The van der Waals surface area contributed by atoms with Gasteiger partial charge in [0.1, 0.15) is 9.54 Å². The molecule has 1 saturated heterocycles. The molecule has 2 heterocycles. The Kier molecular flexibility index (Phi) is 5.91. The van der Waals surface area contributed by atoms with Gasteiger partial charge in [-0.05, 0) is 22.9 Å². The minimum absolute atomic E-state index is 0. The van der Waals surface area contributed by atoms with Crippen LogP contribution in [0.5, 0.6) is 5.75 Å². The van der Waals surface area contributed by atoms with Crippen molar-refractivity contribution in [3.63, 3.8) is 0 Å². The maximum absolute atomic E-state index is 12.3. The molecule has 0 aromatic carbocycles. The molecular weight excluding hydrogens is 340 g/mol. The van der Waals surface area contributed by atoms with E-state index in [1.807, 2.05) is 4.90 Å². The highest BCUT2D eigenvalue weighted by molar-refractivity contribution is 9.11. The SMILES string of the molecule is COc1cc(C(=O)N2CCNC(C)C2)sc1Br.Cl. The zero-order valence-electron chi connectivity index (χ0n) is 10.2. The number of ether oxygens (including phenoxy) is 1. The summed E-state index contributed by atoms with van der Waals surface area (Å²) in [6, 6.07) is 2.15. The Morgan fingerprint density at radius 3 is 2.94 bits per heavy atom. The van der Waals surface area contributed by atoms with Gasteiger partial charge in [0.2, 0.25) is 0 Å². The summed E-state index contributed by atoms with van der Waals surface area (Å²) in [4.78, 5) is 14.9. The lowest BCUT2D eigenvalue weighted by atomic mass is 10.2. The summed E-state index contributed by atoms with van der Waals surface area (Å²) in [5.74, 6) is 0.814. The zero-order chi connectivity index (χ0) is 12.4. The van der Waals surface area contributed by atoms with Gasteiger partial charge in [-0.3, -0.25) is 4.79 Å². The first-order valence-corrected chi connectivity index (χ1v) is 7.08. The van der Waals surface area contributed by atoms with Gasteiger partial charge in [0.15, 0.2) is 0 Å². The topological polar surface area (TPSA) is 41.6 Å². The van der Waals surface area contributed by atoms with E-state index in [0.717, 1.165) is 34.0 Å². The van der Waals surface area contributed by atoms with Crippen molar-refractivity contribution in [2.24, 2.45) is 0 Å². The summed E-state index contributed by atoms with van der Waals surface area (Å²) in [6.45, 7) is 4.47. The molecule has 1 aromatic rings. The quantitative estimate of drug-likeness (QED) is 0.885. The molecule has 0 aliphatic carbocycles. The van der Waals surface area contributed by atoms with E-state index in [0.29, 0.717) is 6.04 Å². The third-order valence-corrected chi connectivity index (χ3v) is 4.51. The molecule has 0 bridgehead atoms. The summed E-state index contributed by atoms with van der Waals surface area (Å²) in [5.41, 5.74) is 0. The number of piperazine rings is 1. The number of methoxy groups -OCH3 is 1. The first kappa shape index (κ1) is 15.8. The van der Waals surface area contributed by atoms with Gasteiger partial charge in [-0.15, -0.1) is 23.7 Å². The van der Waals surface area contributed by atoms with Crippen molar-refractivity contribution < 1.29 is 9.53 Å². The van der Waals surface area contributed by atoms with E-state index in [-0.39, 0.29) is 18.3 Å². The lowest BCUT2D eigenvalue weighted by Gasteiger charge is -2.31. The molecule has 1 aliphatic heterocycles. The van der Waals surface area contributed by atoms with Crippen LogP contribution < -0.4 is 10.1 Å². The van der Waals surface area contributed by atoms with Crippen molar-refractivity contribution in [1.29, 1.82) is 0 Å². The molecule has 1 aliphatic rings. The van der Waals surface area contributed by atoms with E-state index in [4.69, 9.17) is 4.74 Å². The van der Waals surface area contributed by atoms with Crippen LogP contribution in [0.1, 0.15) is 16.6 Å². The van der Waals surface area contributed by atoms with E-state index in [1.165, 1.54) is 11.3 Å². The summed E-state index contributed by atoms with van der Waals surface area (Å²) >= 11 is 4.81. The summed E-state index contributed by atoms with van der Waals surface area (Å²) in [7, 11) is 1.61. The highest BCUT2D eigenvalue weighted by Crippen LogP contribution is 2.34. The van der Waals surface area contributed by atoms with Crippen LogP contribution in [-0.2, 0) is 0 Å². The van der Waals surface area contributed by atoms with Crippen LogP contribution in [0.25, 0.3) is 0 Å². The number of hydrogen-bond acceptors (Lipinski definition) is 4. The largest absolute Gasteiger partial charge is 0.495 e. The van der Waals surface area contributed by atoms with E-state index in [1.54, 1.807) is 13.2 Å². The predicted octanol–water partition coefficient (Wildman–Crippen LogP) is 2.37. The molecule has 7 heteroatoms. The van der Waals surface area contributed by atoms with E-state index in [2.05, 4.69) is 28.2 Å². The molecule has 18 heavy (non-hydrogen) atoms. The molecule has 4 nitrogen and oxygen atoms in total. The maximum atomic E-state index is 12.3. The highest BCUT2D eigenvalue weighted by Gasteiger charge is 2.23. The fourth-order valence-corrected chi connectivity index (χ4v) is 3.49. The van der Waals surface area contributed by atoms with E-state index >= 15 is 0 Å². The smallest absolute Gasteiger partial charge is 0.264 e. The molecule has 0 radical (unpaired) electrons. The van der Waals surface area contributed by atoms with Crippen LogP contribution in [0.15, 0.2) is 9.85 Å². The Morgan fingerprint density at radius 1 is 1.67 bits per heavy atom. The number of hydrogen-bond donors (Lipinski definition) is 1. The molecule has 0 spiro atoms. The molecule has 1 atom stereocenters. The van der Waals surface area contributed by atoms with Gasteiger partial charge in [-0.1, -0.05) is 0 Å². The van der Waals surface area contributed by atoms with Gasteiger partial charge in [0.25, 0.3) is 5.91 Å². The van der Waals surface area contributed by atoms with Crippen LogP contribution in [-0.4, -0.2) is 43.6 Å². The van der Waals surface area contributed by atoms with Crippen LogP contribution in [0.4, 0.5) is 0 Å². The molecule has 1 fully saturated rings. The number of nitrogens with one attached hydrogen (secondary N) is 1. The molecule has 1 amide bonds. The number of amides is 1. The van der Waals surface area contributed by atoms with Crippen molar-refractivity contribution in [3.8, 4) is 5.75 Å². The second-order valence-electron chi connectivity index (χ2n) is 4.06. The van der Waals surface area contributed by atoms with Crippen LogP contribution in [0.3, 0.4) is 0 Å². The maximum Gasteiger partial charge on any atom is 0.264 e. The van der Waals surface area contributed by atoms with Gasteiger partial charge in [0, 0.05) is 31.7 Å². The zero-order valence-corrected chi connectivity index (χ0v) is 13.5. The van der Waals surface area contributed by atoms with E-state index in [9.17, 15) is 4.79 Å². The molecule has 1 unspecified atom stereocenters. The molecular formula is C11H16BrClN2O2S. The van der Waals surface area contributed by atoms with Gasteiger partial charge >= 0.3 is 0 Å². The first-order valence-electron chi connectivity index (χ1n) is 5.47. The number of carbonyl (C=O) groups excluding carboxylic acids is 1. The number of nitrogens with zero attached hydrogens (tertiary/aromatic N) is 1. The Bertz CT molecular complexity index is 427. The Hall–Kier alpha value is -0.300. The van der Waals surface area contributed by atoms with Crippen molar-refractivity contribution in [1.82, 2.24) is 10.2 Å². The van der Waals surface area contributed by atoms with Crippen LogP contribution in [0, 0.1) is 0 Å². The highest BCUT2D eigenvalue weighted by atomic mass is 79.9. The third-order valence-electron chi connectivity index (χ3n) is 2.74. The molecule has 102 valence electrons. The Labute approximate surface area is 125 Å². The molecule has 2 rings (SSSR count). The van der Waals surface area contributed by atoms with Crippen molar-refractivity contribution >= 4 is 45.6 Å². The lowest BCUT2D eigenvalue weighted by Crippen LogP contribution is -2.51. The fourth-order valence-electron chi connectivity index (χ4n) is 1.87. The summed E-state index contributed by atoms with van der Waals surface area (Å²) < 4.78 is 6.03. The second-order valence-corrected chi connectivity index (χ2v) is 6.43. The van der Waals surface area contributed by atoms with Crippen molar-refractivity contribution in [3.05, 3.63) is 14.7 Å². The van der Waals surface area contributed by atoms with Crippen molar-refractivity contribution in [2.75, 3.05) is 26.7 Å². The van der Waals surface area contributed by atoms with Crippen LogP contribution >= 0.6 is 39.7 Å². The van der Waals surface area contributed by atoms with Gasteiger partial charge in [0.05, 0.1) is 12.0 Å². The predicted molar refractivity (Wildman–Crippen MR) is 79.2 cm³/mol. The van der Waals surface area contributed by atoms with Gasteiger partial charge < -0.3 is 15.0 Å². The molecule has 0 saturated carbocycles. The molecule has 1 N–H and O–H groups in total. The van der Waals surface area contributed by atoms with Crippen LogP contribution in [0.2, 0.25) is 0 Å². The number of halogens is 2. The second kappa shape index (κ2) is 6.75. The summed E-state index contributed by atoms with van der Waals surface area (Å²) in [6.07, 6.45) is 0. The van der Waals surface area contributed by atoms with Crippen molar-refractivity contribution in [2.45, 2.75) is 13.0 Å². The van der Waals surface area contributed by atoms with Gasteiger partial charge in [-0.25, -0.2) is 0 Å². The molecule has 1 aromatic heterocycles. The number of rotatable bonds is 2. The number of carbonyl (C=O) groups is 1. The minimum Gasteiger partial charge on any atom is -0.495 e. The average molecular weight is 356 g/mol. The number of thiophene rings is 1. The first-order chi connectivity index (χ1) is 8.11. The standard InChI is InChI=1S/C11H15BrN2O2S.ClH/c1-7-6-14(4-3-13-7)11(15)9-5-8(16-2)10(12)17-9;/h5,7,13H,3-4,6H2,1-2H3;1H. The third kappa shape index (κ3) is 3.38. The lowest BCUT2D eigenvalue weighted by molar-refractivity contribution is 0.0714. The normalized spacial score (nSPS) is 19.3. The average Bonchev–Trinajstić information content (AvgIpc) is 2.69. The van der Waals surface area contributed by atoms with E-state index < -0.39 is 0 Å². The fraction of sp³-hybridized carbons (Fsp3) is 0.545. The monoisotopic (exact) mass is 354 g/mol. The Balaban J connectivity index is 0.00000162. The minimum atomic E-state index is 0.